The summed E-state index contributed by atoms with van der Waals surface area (Å²) in [7, 11) is -4.01. The summed E-state index contributed by atoms with van der Waals surface area (Å²) < 4.78 is 26.5. The number of nitrogens with one attached hydrogen (secondary N) is 1. The number of aromatic carboxylic acids is 1. The highest BCUT2D eigenvalue weighted by Gasteiger charge is 2.23. The summed E-state index contributed by atoms with van der Waals surface area (Å²) in [5.41, 5.74) is 0.769. The van der Waals surface area contributed by atoms with Crippen LogP contribution in [0.1, 0.15) is 15.2 Å². The van der Waals surface area contributed by atoms with E-state index in [-0.39, 0.29) is 21.2 Å². The normalized spacial score (nSPS) is 11.2. The Labute approximate surface area is 119 Å². The van der Waals surface area contributed by atoms with E-state index in [1.807, 2.05) is 0 Å². The Morgan fingerprint density at radius 3 is 2.60 bits per heavy atom. The average Bonchev–Trinajstić information content (AvgIpc) is 2.83. The molecular formula is C12H11NO5S2. The molecular weight excluding hydrogens is 302 g/mol. The summed E-state index contributed by atoms with van der Waals surface area (Å²) in [5.74, 6) is -1.35. The minimum absolute atomic E-state index is 0.0472. The van der Waals surface area contributed by atoms with Gasteiger partial charge in [0.15, 0.2) is 0 Å². The summed E-state index contributed by atoms with van der Waals surface area (Å²) in [5, 5.41) is 19.9. The van der Waals surface area contributed by atoms with E-state index in [1.54, 1.807) is 13.0 Å². The van der Waals surface area contributed by atoms with Crippen LogP contribution in [0.15, 0.2) is 34.5 Å². The van der Waals surface area contributed by atoms with Crippen LogP contribution < -0.4 is 4.72 Å². The minimum Gasteiger partial charge on any atom is -0.508 e. The molecule has 0 unspecified atom stereocenters. The van der Waals surface area contributed by atoms with Crippen molar-refractivity contribution in [3.8, 4) is 5.75 Å². The standard InChI is InChI=1S/C12H11NO5S2/c1-7-2-3-8(6-9(7)14)13-20(17,18)10-4-5-19-11(10)12(15)16/h2-6,13-14H,1H3,(H,15,16). The molecule has 0 aliphatic carbocycles. The molecule has 0 radical (unpaired) electrons. The van der Waals surface area contributed by atoms with Gasteiger partial charge in [0, 0.05) is 6.07 Å². The highest BCUT2D eigenvalue weighted by atomic mass is 32.2. The molecule has 1 aromatic heterocycles. The van der Waals surface area contributed by atoms with Crippen molar-refractivity contribution in [2.24, 2.45) is 0 Å². The molecule has 1 heterocycles. The van der Waals surface area contributed by atoms with Crippen LogP contribution in [0, 0.1) is 6.92 Å². The first-order valence-corrected chi connectivity index (χ1v) is 7.81. The van der Waals surface area contributed by atoms with Crippen molar-refractivity contribution in [2.75, 3.05) is 4.72 Å². The number of benzene rings is 1. The average molecular weight is 313 g/mol. The molecule has 0 fully saturated rings. The molecule has 3 N–H and O–H groups in total. The van der Waals surface area contributed by atoms with Crippen LogP contribution in [0.3, 0.4) is 0 Å². The van der Waals surface area contributed by atoms with Crippen molar-refractivity contribution < 1.29 is 23.4 Å². The van der Waals surface area contributed by atoms with Gasteiger partial charge in [0.2, 0.25) is 0 Å². The molecule has 0 atom stereocenters. The first kappa shape index (κ1) is 14.4. The maximum atomic E-state index is 12.1. The highest BCUT2D eigenvalue weighted by Crippen LogP contribution is 2.26. The van der Waals surface area contributed by atoms with Crippen LogP contribution in [0.5, 0.6) is 5.75 Å². The number of sulfonamides is 1. The van der Waals surface area contributed by atoms with Gasteiger partial charge < -0.3 is 10.2 Å². The fourth-order valence-corrected chi connectivity index (χ4v) is 3.86. The molecule has 0 amide bonds. The number of aromatic hydroxyl groups is 1. The smallest absolute Gasteiger partial charge is 0.347 e. The highest BCUT2D eigenvalue weighted by molar-refractivity contribution is 7.93. The lowest BCUT2D eigenvalue weighted by Crippen LogP contribution is -2.15. The zero-order valence-electron chi connectivity index (χ0n) is 10.3. The van der Waals surface area contributed by atoms with Gasteiger partial charge in [0.1, 0.15) is 15.5 Å². The van der Waals surface area contributed by atoms with Crippen LogP contribution in [0.25, 0.3) is 0 Å². The molecule has 8 heteroatoms. The fraction of sp³-hybridized carbons (Fsp3) is 0.0833. The van der Waals surface area contributed by atoms with Crippen LogP contribution in [-0.4, -0.2) is 24.6 Å². The molecule has 106 valence electrons. The second-order valence-electron chi connectivity index (χ2n) is 4.03. The number of carbonyl (C=O) groups is 1. The van der Waals surface area contributed by atoms with Crippen molar-refractivity contribution >= 4 is 33.0 Å². The van der Waals surface area contributed by atoms with E-state index in [0.29, 0.717) is 5.56 Å². The number of rotatable bonds is 4. The maximum Gasteiger partial charge on any atom is 0.347 e. The molecule has 6 nitrogen and oxygen atoms in total. The molecule has 1 aromatic carbocycles. The second kappa shape index (κ2) is 5.14. The van der Waals surface area contributed by atoms with Crippen molar-refractivity contribution in [1.29, 1.82) is 0 Å². The van der Waals surface area contributed by atoms with Gasteiger partial charge in [-0.3, -0.25) is 4.72 Å². The summed E-state index contributed by atoms with van der Waals surface area (Å²) >= 11 is 0.833. The molecule has 0 saturated carbocycles. The van der Waals surface area contributed by atoms with Crippen LogP contribution in [-0.2, 0) is 10.0 Å². The van der Waals surface area contributed by atoms with Gasteiger partial charge in [-0.05, 0) is 30.0 Å². The van der Waals surface area contributed by atoms with Gasteiger partial charge in [-0.25, -0.2) is 13.2 Å². The largest absolute Gasteiger partial charge is 0.508 e. The van der Waals surface area contributed by atoms with Crippen molar-refractivity contribution in [3.05, 3.63) is 40.1 Å². The SMILES string of the molecule is Cc1ccc(NS(=O)(=O)c2ccsc2C(=O)O)cc1O. The summed E-state index contributed by atoms with van der Waals surface area (Å²) in [6.07, 6.45) is 0. The minimum atomic E-state index is -4.01. The summed E-state index contributed by atoms with van der Waals surface area (Å²) in [4.78, 5) is 10.4. The van der Waals surface area contributed by atoms with Gasteiger partial charge in [-0.1, -0.05) is 6.07 Å². The third-order valence-corrected chi connectivity index (χ3v) is 5.03. The zero-order chi connectivity index (χ0) is 14.9. The first-order valence-electron chi connectivity index (χ1n) is 5.44. The van der Waals surface area contributed by atoms with E-state index in [0.717, 1.165) is 11.3 Å². The Hall–Kier alpha value is -2.06. The topological polar surface area (TPSA) is 104 Å². The van der Waals surface area contributed by atoms with Gasteiger partial charge in [-0.15, -0.1) is 11.3 Å². The Balaban J connectivity index is 2.38. The number of hydrogen-bond donors (Lipinski definition) is 3. The molecule has 0 bridgehead atoms. The van der Waals surface area contributed by atoms with E-state index in [9.17, 15) is 18.3 Å². The lowest BCUT2D eigenvalue weighted by Gasteiger charge is -2.08. The molecule has 20 heavy (non-hydrogen) atoms. The van der Waals surface area contributed by atoms with Gasteiger partial charge in [0.05, 0.1) is 5.69 Å². The lowest BCUT2D eigenvalue weighted by molar-refractivity contribution is 0.0698. The van der Waals surface area contributed by atoms with Crippen molar-refractivity contribution in [2.45, 2.75) is 11.8 Å². The third-order valence-electron chi connectivity index (χ3n) is 2.57. The molecule has 2 rings (SSSR count). The Bertz CT molecular complexity index is 764. The number of anilines is 1. The van der Waals surface area contributed by atoms with Crippen LogP contribution in [0.2, 0.25) is 0 Å². The number of phenolic OH excluding ortho intramolecular Hbond substituents is 1. The Morgan fingerprint density at radius 1 is 1.30 bits per heavy atom. The Kier molecular flexibility index (Phi) is 3.69. The molecule has 2 aromatic rings. The van der Waals surface area contributed by atoms with Crippen molar-refractivity contribution in [3.63, 3.8) is 0 Å². The fourth-order valence-electron chi connectivity index (χ4n) is 1.55. The van der Waals surface area contributed by atoms with E-state index < -0.39 is 16.0 Å². The van der Waals surface area contributed by atoms with Gasteiger partial charge in [0.25, 0.3) is 10.0 Å². The van der Waals surface area contributed by atoms with E-state index in [1.165, 1.54) is 23.6 Å². The molecule has 0 spiro atoms. The van der Waals surface area contributed by atoms with Crippen LogP contribution in [0.4, 0.5) is 5.69 Å². The quantitative estimate of drug-likeness (QED) is 0.803. The molecule has 0 saturated heterocycles. The zero-order valence-corrected chi connectivity index (χ0v) is 12.0. The van der Waals surface area contributed by atoms with E-state index in [4.69, 9.17) is 5.11 Å². The van der Waals surface area contributed by atoms with Gasteiger partial charge >= 0.3 is 5.97 Å². The second-order valence-corrected chi connectivity index (χ2v) is 6.59. The number of thiophene rings is 1. The van der Waals surface area contributed by atoms with E-state index in [2.05, 4.69) is 4.72 Å². The predicted molar refractivity (Wildman–Crippen MR) is 74.9 cm³/mol. The lowest BCUT2D eigenvalue weighted by atomic mass is 10.2. The summed E-state index contributed by atoms with van der Waals surface area (Å²) in [6.45, 7) is 1.68. The van der Waals surface area contributed by atoms with Crippen molar-refractivity contribution in [1.82, 2.24) is 0 Å². The first-order chi connectivity index (χ1) is 9.31. The number of carboxylic acids is 1. The number of hydrogen-bond acceptors (Lipinski definition) is 5. The molecule has 0 aliphatic rings. The maximum absolute atomic E-state index is 12.1. The predicted octanol–water partition coefficient (Wildman–Crippen LogP) is 2.26. The number of phenols is 1. The summed E-state index contributed by atoms with van der Waals surface area (Å²) in [6, 6.07) is 5.53. The van der Waals surface area contributed by atoms with Crippen LogP contribution >= 0.6 is 11.3 Å². The number of aryl methyl sites for hydroxylation is 1. The Morgan fingerprint density at radius 2 is 2.00 bits per heavy atom. The molecule has 0 aliphatic heterocycles. The van der Waals surface area contributed by atoms with E-state index >= 15 is 0 Å². The third kappa shape index (κ3) is 2.75. The number of carboxylic acid groups (broad SMARTS) is 1. The van der Waals surface area contributed by atoms with Gasteiger partial charge in [-0.2, -0.15) is 0 Å². The monoisotopic (exact) mass is 313 g/mol.